The number of hydrogen-bond donors (Lipinski definition) is 1. The number of likely N-dealkylation sites (tertiary alicyclic amines) is 1. The van der Waals surface area contributed by atoms with Crippen LogP contribution in [-0.4, -0.2) is 58.8 Å². The fourth-order valence-corrected chi connectivity index (χ4v) is 8.79. The molecule has 1 saturated carbocycles. The van der Waals surface area contributed by atoms with Gasteiger partial charge in [0.05, 0.1) is 6.54 Å². The summed E-state index contributed by atoms with van der Waals surface area (Å²) in [5.74, 6) is -0.724. The van der Waals surface area contributed by atoms with Crippen LogP contribution < -0.4 is 0 Å². The van der Waals surface area contributed by atoms with Crippen LogP contribution in [0.25, 0.3) is 0 Å². The monoisotopic (exact) mass is 578 g/mol. The van der Waals surface area contributed by atoms with Crippen molar-refractivity contribution in [3.8, 4) is 0 Å². The maximum atomic E-state index is 14.4. The van der Waals surface area contributed by atoms with Crippen molar-refractivity contribution in [2.45, 2.75) is 104 Å². The van der Waals surface area contributed by atoms with Crippen molar-refractivity contribution in [3.63, 3.8) is 0 Å². The molecule has 8 nitrogen and oxygen atoms in total. The highest BCUT2D eigenvalue weighted by molar-refractivity contribution is 7.59. The zero-order valence-electron chi connectivity index (χ0n) is 24.8. The first-order chi connectivity index (χ1) is 19.0. The Labute approximate surface area is 239 Å². The fourth-order valence-electron chi connectivity index (χ4n) is 6.42. The molecule has 5 atom stereocenters. The summed E-state index contributed by atoms with van der Waals surface area (Å²) in [5, 5.41) is 10.4. The first-order valence-corrected chi connectivity index (χ1v) is 17.1. The second-order valence-electron chi connectivity index (χ2n) is 12.2. The summed E-state index contributed by atoms with van der Waals surface area (Å²) in [4.78, 5) is 38.8. The summed E-state index contributed by atoms with van der Waals surface area (Å²) in [6, 6.07) is 9.59. The highest BCUT2D eigenvalue weighted by Crippen LogP contribution is 2.52. The van der Waals surface area contributed by atoms with E-state index in [0.29, 0.717) is 18.8 Å². The average Bonchev–Trinajstić information content (AvgIpc) is 3.30. The SMILES string of the molecule is CCC(=O)O[C@H](OP(=O)(CCCCc1ccccc1)CC(=O)[N@+]1(C(=O)O)C[C@H](C2CCCCC2)CC1C)C(C)C. The lowest BCUT2D eigenvalue weighted by Crippen LogP contribution is -2.60. The molecule has 1 aliphatic heterocycles. The van der Waals surface area contributed by atoms with Gasteiger partial charge in [-0.05, 0) is 50.5 Å². The molecule has 0 spiro atoms. The van der Waals surface area contributed by atoms with Crippen LogP contribution in [0.3, 0.4) is 0 Å². The third-order valence-corrected chi connectivity index (χ3v) is 11.2. The van der Waals surface area contributed by atoms with E-state index in [4.69, 9.17) is 9.26 Å². The second-order valence-corrected chi connectivity index (χ2v) is 14.8. The molecule has 1 heterocycles. The molecule has 224 valence electrons. The molecule has 1 N–H and O–H groups in total. The Morgan fingerprint density at radius 3 is 2.33 bits per heavy atom. The number of aryl methyl sites for hydroxylation is 1. The van der Waals surface area contributed by atoms with Crippen molar-refractivity contribution in [2.75, 3.05) is 18.9 Å². The number of carbonyl (C=O) groups is 3. The van der Waals surface area contributed by atoms with Crippen LogP contribution in [0.15, 0.2) is 30.3 Å². The minimum absolute atomic E-state index is 0.124. The van der Waals surface area contributed by atoms with E-state index < -0.39 is 48.3 Å². The van der Waals surface area contributed by atoms with E-state index in [-0.39, 0.29) is 31.0 Å². The van der Waals surface area contributed by atoms with Crippen LogP contribution in [0.5, 0.6) is 0 Å². The van der Waals surface area contributed by atoms with E-state index in [0.717, 1.165) is 38.5 Å². The van der Waals surface area contributed by atoms with Crippen molar-refractivity contribution in [3.05, 3.63) is 35.9 Å². The van der Waals surface area contributed by atoms with Gasteiger partial charge in [-0.1, -0.05) is 70.4 Å². The first kappa shape index (κ1) is 32.5. The molecule has 0 bridgehead atoms. The molecule has 1 aromatic rings. The molecule has 2 fully saturated rings. The summed E-state index contributed by atoms with van der Waals surface area (Å²) in [6.07, 6.45) is 5.96. The van der Waals surface area contributed by atoms with E-state index in [1.807, 2.05) is 37.3 Å². The summed E-state index contributed by atoms with van der Waals surface area (Å²) in [5.41, 5.74) is 1.17. The van der Waals surface area contributed by atoms with Crippen molar-refractivity contribution in [2.24, 2.45) is 17.8 Å². The Kier molecular flexibility index (Phi) is 12.0. The summed E-state index contributed by atoms with van der Waals surface area (Å²) in [7, 11) is -3.69. The lowest BCUT2D eigenvalue weighted by molar-refractivity contribution is -0.793. The van der Waals surface area contributed by atoms with E-state index >= 15 is 0 Å². The molecule has 1 aliphatic carbocycles. The summed E-state index contributed by atoms with van der Waals surface area (Å²) >= 11 is 0. The number of nitrogens with zero attached hydrogens (tertiary/aromatic N) is 1. The molecule has 1 aromatic carbocycles. The molecule has 0 aromatic heterocycles. The standard InChI is InChI=1S/C31H48NO7P/c1-5-29(34)38-30(23(2)3)39-40(37,19-13-12-16-25-14-8-6-9-15-25)22-28(33)32(31(35)36)21-27(20-24(32)4)26-17-10-7-11-18-26/h6,8-9,14-15,23-24,26-27,30H,5,7,10-13,16-22H2,1-4H3/p+1/t24?,27-,30-,32+,40?/m1/s1. The average molecular weight is 579 g/mol. The summed E-state index contributed by atoms with van der Waals surface area (Å²) < 4.78 is 25.2. The van der Waals surface area contributed by atoms with Crippen molar-refractivity contribution >= 4 is 25.3 Å². The van der Waals surface area contributed by atoms with Crippen LogP contribution in [0, 0.1) is 17.8 Å². The van der Waals surface area contributed by atoms with Gasteiger partial charge in [-0.2, -0.15) is 9.28 Å². The number of imide groups is 1. The number of ether oxygens (including phenoxy) is 1. The highest BCUT2D eigenvalue weighted by Gasteiger charge is 2.58. The number of carbonyl (C=O) groups excluding carboxylic acids is 2. The number of unbranched alkanes of at least 4 members (excludes halogenated alkanes) is 1. The van der Waals surface area contributed by atoms with E-state index in [1.165, 1.54) is 12.0 Å². The Morgan fingerprint density at radius 1 is 1.05 bits per heavy atom. The molecule has 3 rings (SSSR count). The number of carboxylic acid groups (broad SMARTS) is 1. The third kappa shape index (κ3) is 8.27. The maximum absolute atomic E-state index is 14.4. The van der Waals surface area contributed by atoms with Gasteiger partial charge >= 0.3 is 18.0 Å². The molecule has 2 aliphatic rings. The van der Waals surface area contributed by atoms with Crippen LogP contribution in [-0.2, 0) is 29.8 Å². The van der Waals surface area contributed by atoms with Gasteiger partial charge in [0.25, 0.3) is 0 Å². The van der Waals surface area contributed by atoms with Crippen molar-refractivity contribution in [1.82, 2.24) is 0 Å². The fraction of sp³-hybridized carbons (Fsp3) is 0.710. The largest absolute Gasteiger partial charge is 0.521 e. The Hall–Kier alpha value is -2.02. The van der Waals surface area contributed by atoms with E-state index in [9.17, 15) is 24.1 Å². The number of amides is 2. The molecule has 1 saturated heterocycles. The first-order valence-electron chi connectivity index (χ1n) is 15.1. The lowest BCUT2D eigenvalue weighted by Gasteiger charge is -2.33. The van der Waals surface area contributed by atoms with Crippen molar-refractivity contribution in [1.29, 1.82) is 0 Å². The van der Waals surface area contributed by atoms with Gasteiger partial charge in [-0.25, -0.2) is 4.79 Å². The quantitative estimate of drug-likeness (QED) is 0.0864. The van der Waals surface area contributed by atoms with E-state index in [1.54, 1.807) is 20.8 Å². The maximum Gasteiger partial charge on any atom is 0.521 e. The molecule has 9 heteroatoms. The normalized spacial score (nSPS) is 25.8. The van der Waals surface area contributed by atoms with Crippen molar-refractivity contribution < 1.29 is 37.8 Å². The molecule has 40 heavy (non-hydrogen) atoms. The molecular weight excluding hydrogens is 529 g/mol. The second kappa shape index (κ2) is 14.7. The Morgan fingerprint density at radius 2 is 1.73 bits per heavy atom. The predicted molar refractivity (Wildman–Crippen MR) is 155 cm³/mol. The van der Waals surface area contributed by atoms with Gasteiger partial charge in [0, 0.05) is 30.8 Å². The minimum Gasteiger partial charge on any atom is -0.435 e. The third-order valence-electron chi connectivity index (χ3n) is 8.83. The highest BCUT2D eigenvalue weighted by atomic mass is 31.2. The zero-order chi connectivity index (χ0) is 29.3. The van der Waals surface area contributed by atoms with Gasteiger partial charge in [0.2, 0.25) is 13.7 Å². The Balaban J connectivity index is 1.80. The van der Waals surface area contributed by atoms with Crippen LogP contribution in [0.2, 0.25) is 0 Å². The van der Waals surface area contributed by atoms with Crippen LogP contribution in [0.1, 0.15) is 91.0 Å². The molecule has 2 amide bonds. The van der Waals surface area contributed by atoms with Gasteiger partial charge in [0.15, 0.2) is 0 Å². The number of rotatable bonds is 13. The molecule has 2 unspecified atom stereocenters. The Bertz CT molecular complexity index is 1040. The zero-order valence-corrected chi connectivity index (χ0v) is 25.7. The lowest BCUT2D eigenvalue weighted by atomic mass is 9.79. The minimum atomic E-state index is -3.69. The van der Waals surface area contributed by atoms with Gasteiger partial charge in [-0.15, -0.1) is 0 Å². The number of benzene rings is 1. The number of quaternary nitrogens is 1. The molecule has 0 radical (unpaired) electrons. The smallest absolute Gasteiger partial charge is 0.435 e. The van der Waals surface area contributed by atoms with Crippen LogP contribution in [0.4, 0.5) is 4.79 Å². The van der Waals surface area contributed by atoms with Crippen LogP contribution >= 0.6 is 7.37 Å². The molecular formula is C31H49NO7P+. The number of esters is 1. The van der Waals surface area contributed by atoms with Gasteiger partial charge in [-0.3, -0.25) is 13.9 Å². The predicted octanol–water partition coefficient (Wildman–Crippen LogP) is 7.25. The van der Waals surface area contributed by atoms with Gasteiger partial charge in [0.1, 0.15) is 12.2 Å². The van der Waals surface area contributed by atoms with Gasteiger partial charge < -0.3 is 9.84 Å². The number of hydrogen-bond acceptors (Lipinski definition) is 6. The topological polar surface area (TPSA) is 107 Å². The van der Waals surface area contributed by atoms with E-state index in [2.05, 4.69) is 0 Å². The summed E-state index contributed by atoms with van der Waals surface area (Å²) in [6.45, 7) is 7.35.